The topological polar surface area (TPSA) is 58.2 Å². The van der Waals surface area contributed by atoms with Crippen LogP contribution in [0.15, 0.2) is 54.6 Å². The molecule has 0 aliphatic heterocycles. The van der Waals surface area contributed by atoms with Crippen LogP contribution in [0.2, 0.25) is 0 Å². The summed E-state index contributed by atoms with van der Waals surface area (Å²) < 4.78 is 0. The molecule has 4 fully saturated rings. The molecule has 2 aromatic rings. The molecule has 0 spiro atoms. The first-order valence-electron chi connectivity index (χ1n) is 11.3. The Morgan fingerprint density at radius 3 is 1.77 bits per heavy atom. The summed E-state index contributed by atoms with van der Waals surface area (Å²) in [6.07, 6.45) is 8.96. The Labute approximate surface area is 178 Å². The monoisotopic (exact) mass is 402 g/mol. The Bertz CT molecular complexity index is 885. The molecule has 6 rings (SSSR count). The Morgan fingerprint density at radius 1 is 0.733 bits per heavy atom. The van der Waals surface area contributed by atoms with Gasteiger partial charge in [0.2, 0.25) is 11.8 Å². The molecule has 4 bridgehead atoms. The van der Waals surface area contributed by atoms with Crippen molar-refractivity contribution in [3.8, 4) is 0 Å². The minimum Gasteiger partial charge on any atom is -0.326 e. The molecule has 156 valence electrons. The number of hydrogen-bond acceptors (Lipinski definition) is 2. The van der Waals surface area contributed by atoms with Crippen LogP contribution in [0.1, 0.15) is 50.5 Å². The van der Waals surface area contributed by atoms with Gasteiger partial charge in [-0.2, -0.15) is 0 Å². The lowest BCUT2D eigenvalue weighted by Crippen LogP contribution is -2.47. The van der Waals surface area contributed by atoms with Gasteiger partial charge in [-0.3, -0.25) is 9.59 Å². The summed E-state index contributed by atoms with van der Waals surface area (Å²) in [5, 5.41) is 6.01. The Hall–Kier alpha value is -2.62. The first-order chi connectivity index (χ1) is 14.6. The van der Waals surface area contributed by atoms with Gasteiger partial charge in [0.25, 0.3) is 0 Å². The second-order valence-electron chi connectivity index (χ2n) is 9.93. The van der Waals surface area contributed by atoms with E-state index in [4.69, 9.17) is 0 Å². The standard InChI is InChI=1S/C26H30N2O2/c29-24(13-18-4-2-1-3-5-18)27-22-6-8-23(9-7-22)28-25(30)17-26-14-19-10-20(15-26)12-21(11-19)16-26/h1-9,19-21H,10-17H2,(H,27,29)(H,28,30). The van der Waals surface area contributed by atoms with Crippen LogP contribution in [-0.2, 0) is 16.0 Å². The lowest BCUT2D eigenvalue weighted by Gasteiger charge is -2.56. The summed E-state index contributed by atoms with van der Waals surface area (Å²) in [5.74, 6) is 2.69. The van der Waals surface area contributed by atoms with E-state index in [-0.39, 0.29) is 17.2 Å². The van der Waals surface area contributed by atoms with E-state index in [1.807, 2.05) is 54.6 Å². The summed E-state index contributed by atoms with van der Waals surface area (Å²) in [5.41, 5.74) is 2.79. The lowest BCUT2D eigenvalue weighted by atomic mass is 9.49. The molecule has 0 aromatic heterocycles. The van der Waals surface area contributed by atoms with Gasteiger partial charge >= 0.3 is 0 Å². The van der Waals surface area contributed by atoms with Crippen LogP contribution in [0.3, 0.4) is 0 Å². The highest BCUT2D eigenvalue weighted by molar-refractivity contribution is 5.94. The van der Waals surface area contributed by atoms with Gasteiger partial charge in [-0.1, -0.05) is 30.3 Å². The zero-order valence-electron chi connectivity index (χ0n) is 17.4. The Balaban J connectivity index is 1.14. The number of hydrogen-bond donors (Lipinski definition) is 2. The second kappa shape index (κ2) is 7.90. The van der Waals surface area contributed by atoms with E-state index in [0.29, 0.717) is 12.8 Å². The van der Waals surface area contributed by atoms with Gasteiger partial charge in [-0.15, -0.1) is 0 Å². The number of carbonyl (C=O) groups is 2. The summed E-state index contributed by atoms with van der Waals surface area (Å²) in [6.45, 7) is 0. The van der Waals surface area contributed by atoms with Crippen molar-refractivity contribution in [2.45, 2.75) is 51.4 Å². The summed E-state index contributed by atoms with van der Waals surface area (Å²) in [4.78, 5) is 25.0. The van der Waals surface area contributed by atoms with Crippen molar-refractivity contribution in [3.63, 3.8) is 0 Å². The highest BCUT2D eigenvalue weighted by Crippen LogP contribution is 2.61. The van der Waals surface area contributed by atoms with E-state index in [0.717, 1.165) is 34.7 Å². The minimum absolute atomic E-state index is 0.0419. The third-order valence-electron chi connectivity index (χ3n) is 7.36. The predicted octanol–water partition coefficient (Wildman–Crippen LogP) is 5.41. The molecule has 0 heterocycles. The molecule has 4 saturated carbocycles. The van der Waals surface area contributed by atoms with E-state index in [1.165, 1.54) is 38.5 Å². The fourth-order valence-corrected chi connectivity index (χ4v) is 6.68. The number of benzene rings is 2. The average Bonchev–Trinajstić information content (AvgIpc) is 2.68. The fourth-order valence-electron chi connectivity index (χ4n) is 6.68. The normalized spacial score (nSPS) is 28.9. The van der Waals surface area contributed by atoms with E-state index < -0.39 is 0 Å². The van der Waals surface area contributed by atoms with Crippen LogP contribution in [0.4, 0.5) is 11.4 Å². The first-order valence-corrected chi connectivity index (χ1v) is 11.3. The number of rotatable bonds is 6. The smallest absolute Gasteiger partial charge is 0.228 e. The van der Waals surface area contributed by atoms with Gasteiger partial charge in [0.1, 0.15) is 0 Å². The average molecular weight is 403 g/mol. The maximum absolute atomic E-state index is 12.8. The Kier molecular flexibility index (Phi) is 5.10. The van der Waals surface area contributed by atoms with Crippen molar-refractivity contribution < 1.29 is 9.59 Å². The Morgan fingerprint density at radius 2 is 1.23 bits per heavy atom. The third kappa shape index (κ3) is 4.28. The molecule has 0 saturated heterocycles. The van der Waals surface area contributed by atoms with Gasteiger partial charge in [0.15, 0.2) is 0 Å². The molecule has 4 heteroatoms. The lowest BCUT2D eigenvalue weighted by molar-refractivity contribution is -0.124. The van der Waals surface area contributed by atoms with Gasteiger partial charge < -0.3 is 10.6 Å². The molecule has 30 heavy (non-hydrogen) atoms. The summed E-state index contributed by atoms with van der Waals surface area (Å²) in [6, 6.07) is 17.1. The van der Waals surface area contributed by atoms with Gasteiger partial charge in [0.05, 0.1) is 6.42 Å². The SMILES string of the molecule is O=C(Cc1ccccc1)Nc1ccc(NC(=O)CC23CC4CC(CC(C4)C2)C3)cc1. The molecule has 2 amide bonds. The zero-order chi connectivity index (χ0) is 20.6. The van der Waals surface area contributed by atoms with Crippen molar-refractivity contribution in [2.75, 3.05) is 10.6 Å². The van der Waals surface area contributed by atoms with Crippen molar-refractivity contribution in [3.05, 3.63) is 60.2 Å². The maximum atomic E-state index is 12.8. The largest absolute Gasteiger partial charge is 0.326 e. The highest BCUT2D eigenvalue weighted by Gasteiger charge is 2.51. The molecule has 2 aromatic carbocycles. The quantitative estimate of drug-likeness (QED) is 0.678. The summed E-state index contributed by atoms with van der Waals surface area (Å²) >= 11 is 0. The van der Waals surface area contributed by atoms with Crippen LogP contribution in [0.5, 0.6) is 0 Å². The van der Waals surface area contributed by atoms with Crippen molar-refractivity contribution in [1.29, 1.82) is 0 Å². The van der Waals surface area contributed by atoms with Gasteiger partial charge in [0, 0.05) is 17.8 Å². The molecule has 4 nitrogen and oxygen atoms in total. The van der Waals surface area contributed by atoms with Crippen LogP contribution in [0, 0.1) is 23.2 Å². The van der Waals surface area contributed by atoms with Crippen LogP contribution in [-0.4, -0.2) is 11.8 Å². The highest BCUT2D eigenvalue weighted by atomic mass is 16.2. The van der Waals surface area contributed by atoms with E-state index >= 15 is 0 Å². The van der Waals surface area contributed by atoms with Crippen molar-refractivity contribution in [2.24, 2.45) is 23.2 Å². The van der Waals surface area contributed by atoms with E-state index in [2.05, 4.69) is 10.6 Å². The van der Waals surface area contributed by atoms with Crippen molar-refractivity contribution in [1.82, 2.24) is 0 Å². The zero-order valence-corrected chi connectivity index (χ0v) is 17.4. The number of amides is 2. The van der Waals surface area contributed by atoms with Gasteiger partial charge in [-0.05, 0) is 91.5 Å². The molecular weight excluding hydrogens is 372 g/mol. The van der Waals surface area contributed by atoms with Crippen LogP contribution < -0.4 is 10.6 Å². The second-order valence-corrected chi connectivity index (χ2v) is 9.93. The number of nitrogens with one attached hydrogen (secondary N) is 2. The van der Waals surface area contributed by atoms with E-state index in [9.17, 15) is 9.59 Å². The summed E-state index contributed by atoms with van der Waals surface area (Å²) in [7, 11) is 0. The molecule has 2 N–H and O–H groups in total. The number of anilines is 2. The van der Waals surface area contributed by atoms with Crippen molar-refractivity contribution >= 4 is 23.2 Å². The molecular formula is C26H30N2O2. The maximum Gasteiger partial charge on any atom is 0.228 e. The number of carbonyl (C=O) groups excluding carboxylic acids is 2. The van der Waals surface area contributed by atoms with E-state index in [1.54, 1.807) is 0 Å². The minimum atomic E-state index is -0.0419. The molecule has 4 aliphatic rings. The molecule has 0 unspecified atom stereocenters. The predicted molar refractivity (Wildman–Crippen MR) is 119 cm³/mol. The van der Waals surface area contributed by atoms with Crippen LogP contribution in [0.25, 0.3) is 0 Å². The third-order valence-corrected chi connectivity index (χ3v) is 7.36. The first kappa shape index (κ1) is 19.3. The molecule has 0 atom stereocenters. The molecule has 4 aliphatic carbocycles. The fraction of sp³-hybridized carbons (Fsp3) is 0.462. The molecule has 0 radical (unpaired) electrons. The van der Waals surface area contributed by atoms with Crippen LogP contribution >= 0.6 is 0 Å². The van der Waals surface area contributed by atoms with Gasteiger partial charge in [-0.25, -0.2) is 0 Å².